The number of hydrogen-bond donors (Lipinski definition) is 1. The molecule has 4 heteroatoms. The molecule has 0 spiro atoms. The van der Waals surface area contributed by atoms with Crippen molar-refractivity contribution in [2.75, 3.05) is 6.54 Å². The molecule has 2 N–H and O–H groups in total. The maximum atomic E-state index is 13.4. The Hall–Kier alpha value is -1.09. The predicted molar refractivity (Wildman–Crippen MR) is 66.4 cm³/mol. The molecule has 0 amide bonds. The molecular formula is C12H16ClFN2. The monoisotopic (exact) mass is 242 g/mol. The van der Waals surface area contributed by atoms with Crippen molar-refractivity contribution < 1.29 is 4.39 Å². The second-order valence-corrected chi connectivity index (χ2v) is 4.51. The zero-order valence-electron chi connectivity index (χ0n) is 9.50. The van der Waals surface area contributed by atoms with Gasteiger partial charge in [-0.15, -0.1) is 0 Å². The highest BCUT2D eigenvalue weighted by molar-refractivity contribution is 6.31. The van der Waals surface area contributed by atoms with Crippen LogP contribution in [-0.4, -0.2) is 12.4 Å². The Bertz CT molecular complexity index is 368. The fourth-order valence-electron chi connectivity index (χ4n) is 1.24. The summed E-state index contributed by atoms with van der Waals surface area (Å²) in [4.78, 5) is 4.17. The Labute approximate surface area is 100 Å². The third-order valence-electron chi connectivity index (χ3n) is 2.08. The number of hydrogen-bond acceptors (Lipinski definition) is 1. The van der Waals surface area contributed by atoms with Crippen LogP contribution in [0.3, 0.4) is 0 Å². The number of benzene rings is 1. The second-order valence-electron chi connectivity index (χ2n) is 4.10. The third-order valence-corrected chi connectivity index (χ3v) is 2.43. The fourth-order valence-corrected chi connectivity index (χ4v) is 1.47. The summed E-state index contributed by atoms with van der Waals surface area (Å²) >= 11 is 5.89. The van der Waals surface area contributed by atoms with Gasteiger partial charge in [0.15, 0.2) is 0 Å². The highest BCUT2D eigenvalue weighted by atomic mass is 35.5. The predicted octanol–water partition coefficient (Wildman–Crippen LogP) is 3.03. The van der Waals surface area contributed by atoms with Gasteiger partial charge in [-0.3, -0.25) is 4.99 Å². The number of rotatable bonds is 4. The SMILES string of the molecule is CC(C)CN=C(N)Cc1c(F)cccc1Cl. The lowest BCUT2D eigenvalue weighted by Crippen LogP contribution is -2.17. The highest BCUT2D eigenvalue weighted by Crippen LogP contribution is 2.19. The van der Waals surface area contributed by atoms with Crippen molar-refractivity contribution in [3.8, 4) is 0 Å². The van der Waals surface area contributed by atoms with E-state index in [0.29, 0.717) is 28.9 Å². The topological polar surface area (TPSA) is 38.4 Å². The molecule has 0 aromatic heterocycles. The van der Waals surface area contributed by atoms with Gasteiger partial charge in [-0.2, -0.15) is 0 Å². The largest absolute Gasteiger partial charge is 0.387 e. The summed E-state index contributed by atoms with van der Waals surface area (Å²) in [6, 6.07) is 4.59. The van der Waals surface area contributed by atoms with Crippen LogP contribution in [0.2, 0.25) is 5.02 Å². The molecule has 16 heavy (non-hydrogen) atoms. The summed E-state index contributed by atoms with van der Waals surface area (Å²) < 4.78 is 13.4. The Balaban J connectivity index is 2.76. The van der Waals surface area contributed by atoms with Crippen LogP contribution in [0.5, 0.6) is 0 Å². The first-order chi connectivity index (χ1) is 7.50. The van der Waals surface area contributed by atoms with Gasteiger partial charge in [-0.1, -0.05) is 31.5 Å². The van der Waals surface area contributed by atoms with Gasteiger partial charge in [0.25, 0.3) is 0 Å². The molecule has 0 saturated heterocycles. The average molecular weight is 243 g/mol. The molecule has 0 fully saturated rings. The third kappa shape index (κ3) is 3.81. The van der Waals surface area contributed by atoms with E-state index in [-0.39, 0.29) is 12.2 Å². The van der Waals surface area contributed by atoms with Crippen LogP contribution in [0.25, 0.3) is 0 Å². The maximum absolute atomic E-state index is 13.4. The Morgan fingerprint density at radius 3 is 2.75 bits per heavy atom. The Morgan fingerprint density at radius 2 is 2.19 bits per heavy atom. The van der Waals surface area contributed by atoms with E-state index in [2.05, 4.69) is 4.99 Å². The highest BCUT2D eigenvalue weighted by Gasteiger charge is 2.08. The normalized spacial score (nSPS) is 12.2. The van der Waals surface area contributed by atoms with Crippen LogP contribution in [0, 0.1) is 11.7 Å². The zero-order valence-corrected chi connectivity index (χ0v) is 10.3. The van der Waals surface area contributed by atoms with Crippen LogP contribution in [0.4, 0.5) is 4.39 Å². The number of aliphatic imine (C=N–C) groups is 1. The van der Waals surface area contributed by atoms with E-state index in [1.807, 2.05) is 13.8 Å². The van der Waals surface area contributed by atoms with Gasteiger partial charge in [0.2, 0.25) is 0 Å². The molecule has 0 atom stereocenters. The molecule has 0 heterocycles. The van der Waals surface area contributed by atoms with Crippen molar-refractivity contribution in [3.05, 3.63) is 34.6 Å². The lowest BCUT2D eigenvalue weighted by atomic mass is 10.1. The van der Waals surface area contributed by atoms with Crippen molar-refractivity contribution in [1.82, 2.24) is 0 Å². The number of amidine groups is 1. The summed E-state index contributed by atoms with van der Waals surface area (Å²) in [5, 5.41) is 0.391. The van der Waals surface area contributed by atoms with Gasteiger partial charge in [-0.05, 0) is 18.1 Å². The first-order valence-electron chi connectivity index (χ1n) is 5.22. The molecule has 0 aliphatic carbocycles. The Morgan fingerprint density at radius 1 is 1.50 bits per heavy atom. The van der Waals surface area contributed by atoms with E-state index in [0.717, 1.165) is 0 Å². The zero-order chi connectivity index (χ0) is 12.1. The van der Waals surface area contributed by atoms with Crippen molar-refractivity contribution in [3.63, 3.8) is 0 Å². The van der Waals surface area contributed by atoms with Gasteiger partial charge >= 0.3 is 0 Å². The van der Waals surface area contributed by atoms with E-state index in [4.69, 9.17) is 17.3 Å². The molecule has 0 aliphatic heterocycles. The second kappa shape index (κ2) is 5.85. The lowest BCUT2D eigenvalue weighted by Gasteiger charge is -2.06. The summed E-state index contributed by atoms with van der Waals surface area (Å²) in [5.74, 6) is 0.519. The van der Waals surface area contributed by atoms with E-state index in [1.165, 1.54) is 6.07 Å². The first-order valence-corrected chi connectivity index (χ1v) is 5.60. The summed E-state index contributed by atoms with van der Waals surface area (Å²) in [6.45, 7) is 4.75. The molecule has 0 unspecified atom stereocenters. The summed E-state index contributed by atoms with van der Waals surface area (Å²) in [6.07, 6.45) is 0.262. The molecule has 0 aliphatic rings. The molecule has 1 rings (SSSR count). The number of nitrogens with zero attached hydrogens (tertiary/aromatic N) is 1. The van der Waals surface area contributed by atoms with Crippen LogP contribution < -0.4 is 5.73 Å². The van der Waals surface area contributed by atoms with Crippen molar-refractivity contribution in [1.29, 1.82) is 0 Å². The van der Waals surface area contributed by atoms with E-state index >= 15 is 0 Å². The lowest BCUT2D eigenvalue weighted by molar-refractivity contribution is 0.615. The van der Waals surface area contributed by atoms with E-state index in [1.54, 1.807) is 12.1 Å². The minimum absolute atomic E-state index is 0.262. The fraction of sp³-hybridized carbons (Fsp3) is 0.417. The van der Waals surface area contributed by atoms with Gasteiger partial charge in [0.1, 0.15) is 5.82 Å². The van der Waals surface area contributed by atoms with Crippen LogP contribution in [-0.2, 0) is 6.42 Å². The van der Waals surface area contributed by atoms with Gasteiger partial charge in [0.05, 0.1) is 5.84 Å². The molecule has 1 aromatic rings. The summed E-state index contributed by atoms with van der Waals surface area (Å²) in [5.41, 5.74) is 6.13. The molecule has 2 nitrogen and oxygen atoms in total. The van der Waals surface area contributed by atoms with E-state index in [9.17, 15) is 4.39 Å². The quantitative estimate of drug-likeness (QED) is 0.640. The van der Waals surface area contributed by atoms with Crippen molar-refractivity contribution >= 4 is 17.4 Å². The van der Waals surface area contributed by atoms with Crippen LogP contribution in [0.1, 0.15) is 19.4 Å². The standard InChI is InChI=1S/C12H16ClFN2/c1-8(2)7-16-12(15)6-9-10(13)4-3-5-11(9)14/h3-5,8H,6-7H2,1-2H3,(H2,15,16). The number of nitrogens with two attached hydrogens (primary N) is 1. The van der Waals surface area contributed by atoms with Crippen LogP contribution in [0.15, 0.2) is 23.2 Å². The van der Waals surface area contributed by atoms with Gasteiger partial charge < -0.3 is 5.73 Å². The van der Waals surface area contributed by atoms with Gasteiger partial charge in [0, 0.05) is 23.6 Å². The van der Waals surface area contributed by atoms with E-state index < -0.39 is 0 Å². The minimum atomic E-state index is -0.338. The molecule has 0 bridgehead atoms. The average Bonchev–Trinajstić information content (AvgIpc) is 2.21. The molecular weight excluding hydrogens is 227 g/mol. The van der Waals surface area contributed by atoms with Gasteiger partial charge in [-0.25, -0.2) is 4.39 Å². The molecule has 1 aromatic carbocycles. The summed E-state index contributed by atoms with van der Waals surface area (Å²) in [7, 11) is 0. The molecule has 0 radical (unpaired) electrons. The smallest absolute Gasteiger partial charge is 0.128 e. The Kier molecular flexibility index (Phi) is 4.74. The molecule has 0 saturated carbocycles. The first kappa shape index (κ1) is 13.0. The number of halogens is 2. The van der Waals surface area contributed by atoms with Crippen molar-refractivity contribution in [2.24, 2.45) is 16.6 Å². The minimum Gasteiger partial charge on any atom is -0.387 e. The molecule has 88 valence electrons. The maximum Gasteiger partial charge on any atom is 0.128 e. The van der Waals surface area contributed by atoms with Crippen molar-refractivity contribution in [2.45, 2.75) is 20.3 Å². The van der Waals surface area contributed by atoms with Crippen LogP contribution >= 0.6 is 11.6 Å².